The minimum atomic E-state index is 0.0625. The standard InChI is InChI=1S/C11H22N4O/c1-14-4-6-15(7-5-14)13-11(16)8-10(12)9-2-3-9/h9-10H,2-8,12H2,1H3,(H,13,16). The fraction of sp³-hybridized carbons (Fsp3) is 0.909. The first kappa shape index (κ1) is 11.8. The van der Waals surface area contributed by atoms with Gasteiger partial charge < -0.3 is 10.6 Å². The van der Waals surface area contributed by atoms with Gasteiger partial charge in [-0.3, -0.25) is 10.2 Å². The van der Waals surface area contributed by atoms with Crippen molar-refractivity contribution < 1.29 is 4.79 Å². The zero-order valence-corrected chi connectivity index (χ0v) is 9.98. The molecule has 0 bridgehead atoms. The van der Waals surface area contributed by atoms with Crippen LogP contribution in [-0.2, 0) is 4.79 Å². The molecule has 1 saturated carbocycles. The van der Waals surface area contributed by atoms with E-state index in [1.807, 2.05) is 5.01 Å². The average molecular weight is 226 g/mol. The highest BCUT2D eigenvalue weighted by molar-refractivity contribution is 5.76. The molecule has 1 amide bonds. The van der Waals surface area contributed by atoms with Crippen LogP contribution in [-0.4, -0.2) is 55.1 Å². The Labute approximate surface area is 96.9 Å². The average Bonchev–Trinajstić information content (AvgIpc) is 3.04. The van der Waals surface area contributed by atoms with Crippen LogP contribution in [0.15, 0.2) is 0 Å². The molecular weight excluding hydrogens is 204 g/mol. The number of nitrogens with zero attached hydrogens (tertiary/aromatic N) is 2. The predicted octanol–water partition coefficient (Wildman–Crippen LogP) is -0.608. The lowest BCUT2D eigenvalue weighted by Crippen LogP contribution is -2.53. The van der Waals surface area contributed by atoms with Crippen molar-refractivity contribution >= 4 is 5.91 Å². The molecule has 1 saturated heterocycles. The molecule has 1 atom stereocenters. The molecule has 3 N–H and O–H groups in total. The van der Waals surface area contributed by atoms with Crippen LogP contribution in [0.25, 0.3) is 0 Å². The Balaban J connectivity index is 1.66. The molecular formula is C11H22N4O. The van der Waals surface area contributed by atoms with Gasteiger partial charge in [0.15, 0.2) is 0 Å². The maximum Gasteiger partial charge on any atom is 0.235 e. The van der Waals surface area contributed by atoms with Gasteiger partial charge in [0.05, 0.1) is 0 Å². The second-order valence-corrected chi connectivity index (χ2v) is 5.03. The van der Waals surface area contributed by atoms with Crippen LogP contribution in [0.5, 0.6) is 0 Å². The topological polar surface area (TPSA) is 61.6 Å². The Morgan fingerprint density at radius 2 is 2.00 bits per heavy atom. The summed E-state index contributed by atoms with van der Waals surface area (Å²) in [4.78, 5) is 14.0. The fourth-order valence-electron chi connectivity index (χ4n) is 2.05. The Morgan fingerprint density at radius 1 is 1.38 bits per heavy atom. The van der Waals surface area contributed by atoms with E-state index in [9.17, 15) is 4.79 Å². The summed E-state index contributed by atoms with van der Waals surface area (Å²) in [6.45, 7) is 3.83. The number of carbonyl (C=O) groups excluding carboxylic acids is 1. The van der Waals surface area contributed by atoms with Crippen molar-refractivity contribution in [2.45, 2.75) is 25.3 Å². The summed E-state index contributed by atoms with van der Waals surface area (Å²) >= 11 is 0. The Bertz CT molecular complexity index is 246. The second-order valence-electron chi connectivity index (χ2n) is 5.03. The highest BCUT2D eigenvalue weighted by Gasteiger charge is 2.30. The van der Waals surface area contributed by atoms with Crippen molar-refractivity contribution in [1.29, 1.82) is 0 Å². The van der Waals surface area contributed by atoms with E-state index in [1.54, 1.807) is 0 Å². The van der Waals surface area contributed by atoms with Crippen molar-refractivity contribution in [2.24, 2.45) is 11.7 Å². The van der Waals surface area contributed by atoms with E-state index in [-0.39, 0.29) is 11.9 Å². The van der Waals surface area contributed by atoms with Crippen molar-refractivity contribution in [3.05, 3.63) is 0 Å². The molecule has 2 aliphatic rings. The molecule has 0 radical (unpaired) electrons. The van der Waals surface area contributed by atoms with Gasteiger partial charge in [0.1, 0.15) is 0 Å². The summed E-state index contributed by atoms with van der Waals surface area (Å²) in [5.41, 5.74) is 8.86. The number of piperazine rings is 1. The van der Waals surface area contributed by atoms with Crippen molar-refractivity contribution in [2.75, 3.05) is 33.2 Å². The van der Waals surface area contributed by atoms with Gasteiger partial charge >= 0.3 is 0 Å². The lowest BCUT2D eigenvalue weighted by Gasteiger charge is -2.32. The van der Waals surface area contributed by atoms with Gasteiger partial charge in [0.2, 0.25) is 5.91 Å². The molecule has 1 heterocycles. The molecule has 5 nitrogen and oxygen atoms in total. The smallest absolute Gasteiger partial charge is 0.235 e. The van der Waals surface area contributed by atoms with E-state index in [4.69, 9.17) is 5.73 Å². The summed E-state index contributed by atoms with van der Waals surface area (Å²) in [5.74, 6) is 0.669. The number of hydrazine groups is 1. The number of hydrogen-bond acceptors (Lipinski definition) is 4. The van der Waals surface area contributed by atoms with Crippen LogP contribution in [0.1, 0.15) is 19.3 Å². The number of rotatable bonds is 4. The molecule has 2 rings (SSSR count). The van der Waals surface area contributed by atoms with Crippen molar-refractivity contribution in [1.82, 2.24) is 15.3 Å². The first-order valence-corrected chi connectivity index (χ1v) is 6.13. The van der Waals surface area contributed by atoms with Crippen LogP contribution in [0.3, 0.4) is 0 Å². The number of hydrogen-bond donors (Lipinski definition) is 2. The molecule has 1 aliphatic carbocycles. The predicted molar refractivity (Wildman–Crippen MR) is 62.5 cm³/mol. The van der Waals surface area contributed by atoms with Gasteiger partial charge in [-0.05, 0) is 25.8 Å². The Hall–Kier alpha value is -0.650. The van der Waals surface area contributed by atoms with Crippen molar-refractivity contribution in [3.8, 4) is 0 Å². The fourth-order valence-corrected chi connectivity index (χ4v) is 2.05. The third-order valence-corrected chi connectivity index (χ3v) is 3.43. The Kier molecular flexibility index (Phi) is 3.78. The number of nitrogens with one attached hydrogen (secondary N) is 1. The van der Waals surface area contributed by atoms with Crippen LogP contribution in [0.4, 0.5) is 0 Å². The second kappa shape index (κ2) is 5.12. The molecule has 1 unspecified atom stereocenters. The van der Waals surface area contributed by atoms with Crippen molar-refractivity contribution in [3.63, 3.8) is 0 Å². The lowest BCUT2D eigenvalue weighted by atomic mass is 10.1. The minimum absolute atomic E-state index is 0.0625. The minimum Gasteiger partial charge on any atom is -0.327 e. The van der Waals surface area contributed by atoms with E-state index >= 15 is 0 Å². The molecule has 0 aromatic heterocycles. The van der Waals surface area contributed by atoms with Crippen LogP contribution < -0.4 is 11.2 Å². The zero-order chi connectivity index (χ0) is 11.5. The normalized spacial score (nSPS) is 25.4. The molecule has 92 valence electrons. The number of nitrogens with two attached hydrogens (primary N) is 1. The van der Waals surface area contributed by atoms with Gasteiger partial charge in [0, 0.05) is 38.6 Å². The first-order chi connectivity index (χ1) is 7.65. The van der Waals surface area contributed by atoms with E-state index in [2.05, 4.69) is 17.4 Å². The van der Waals surface area contributed by atoms with Gasteiger partial charge in [-0.2, -0.15) is 0 Å². The summed E-state index contributed by atoms with van der Waals surface area (Å²) in [6.07, 6.45) is 2.86. The molecule has 0 aromatic carbocycles. The number of likely N-dealkylation sites (N-methyl/N-ethyl adjacent to an activating group) is 1. The summed E-state index contributed by atoms with van der Waals surface area (Å²) in [7, 11) is 2.10. The van der Waals surface area contributed by atoms with Crippen LogP contribution in [0.2, 0.25) is 0 Å². The molecule has 5 heteroatoms. The van der Waals surface area contributed by atoms with E-state index < -0.39 is 0 Å². The SMILES string of the molecule is CN1CCN(NC(=O)CC(N)C2CC2)CC1. The maximum atomic E-state index is 11.7. The molecule has 0 spiro atoms. The number of amides is 1. The van der Waals surface area contributed by atoms with E-state index in [1.165, 1.54) is 12.8 Å². The van der Waals surface area contributed by atoms with Gasteiger partial charge in [-0.1, -0.05) is 0 Å². The summed E-state index contributed by atoms with van der Waals surface area (Å²) in [6, 6.07) is 0.0625. The lowest BCUT2D eigenvalue weighted by molar-refractivity contribution is -0.127. The van der Waals surface area contributed by atoms with E-state index in [0.717, 1.165) is 26.2 Å². The zero-order valence-electron chi connectivity index (χ0n) is 9.98. The third kappa shape index (κ3) is 3.43. The molecule has 16 heavy (non-hydrogen) atoms. The van der Waals surface area contributed by atoms with E-state index in [0.29, 0.717) is 12.3 Å². The highest BCUT2D eigenvalue weighted by Crippen LogP contribution is 2.32. The monoisotopic (exact) mass is 226 g/mol. The largest absolute Gasteiger partial charge is 0.327 e. The van der Waals surface area contributed by atoms with Gasteiger partial charge in [-0.25, -0.2) is 5.01 Å². The third-order valence-electron chi connectivity index (χ3n) is 3.43. The summed E-state index contributed by atoms with van der Waals surface area (Å²) < 4.78 is 0. The van der Waals surface area contributed by atoms with Crippen LogP contribution >= 0.6 is 0 Å². The first-order valence-electron chi connectivity index (χ1n) is 6.13. The Morgan fingerprint density at radius 3 is 2.56 bits per heavy atom. The summed E-state index contributed by atoms with van der Waals surface area (Å²) in [5, 5.41) is 2.00. The van der Waals surface area contributed by atoms with Gasteiger partial charge in [-0.15, -0.1) is 0 Å². The van der Waals surface area contributed by atoms with Crippen LogP contribution in [0, 0.1) is 5.92 Å². The van der Waals surface area contributed by atoms with Gasteiger partial charge in [0.25, 0.3) is 0 Å². The quantitative estimate of drug-likeness (QED) is 0.671. The maximum absolute atomic E-state index is 11.7. The number of carbonyl (C=O) groups is 1. The molecule has 0 aromatic rings. The molecule has 1 aliphatic heterocycles. The molecule has 2 fully saturated rings. The highest BCUT2D eigenvalue weighted by atomic mass is 16.2.